The van der Waals surface area contributed by atoms with E-state index >= 15 is 0 Å². The van der Waals surface area contributed by atoms with Gasteiger partial charge in [0.25, 0.3) is 0 Å². The molecular formula is C17H14N2O2. The van der Waals surface area contributed by atoms with Crippen molar-refractivity contribution in [2.75, 3.05) is 11.9 Å². The van der Waals surface area contributed by atoms with Crippen molar-refractivity contribution in [1.82, 2.24) is 4.98 Å². The lowest BCUT2D eigenvalue weighted by molar-refractivity contribution is 0.338. The summed E-state index contributed by atoms with van der Waals surface area (Å²) in [5.41, 5.74) is 2.13. The molecule has 0 saturated heterocycles. The summed E-state index contributed by atoms with van der Waals surface area (Å²) in [4.78, 5) is 4.15. The van der Waals surface area contributed by atoms with Gasteiger partial charge in [-0.2, -0.15) is 0 Å². The van der Waals surface area contributed by atoms with Crippen LogP contribution in [0.1, 0.15) is 11.6 Å². The fourth-order valence-electron chi connectivity index (χ4n) is 2.75. The minimum Gasteiger partial charge on any atom is -0.508 e. The number of hydrogen-bond donors (Lipinski definition) is 2. The van der Waals surface area contributed by atoms with Gasteiger partial charge in [-0.15, -0.1) is 0 Å². The first-order valence-electron chi connectivity index (χ1n) is 6.86. The highest BCUT2D eigenvalue weighted by Crippen LogP contribution is 2.37. The van der Waals surface area contributed by atoms with Crippen LogP contribution in [0.25, 0.3) is 10.8 Å². The van der Waals surface area contributed by atoms with Gasteiger partial charge in [0, 0.05) is 40.5 Å². The molecule has 4 heteroatoms. The van der Waals surface area contributed by atoms with Crippen LogP contribution in [0.15, 0.2) is 54.9 Å². The molecule has 1 aromatic heterocycles. The maximum atomic E-state index is 9.51. The van der Waals surface area contributed by atoms with Crippen LogP contribution in [-0.2, 0) is 0 Å². The van der Waals surface area contributed by atoms with Crippen LogP contribution in [0.2, 0.25) is 0 Å². The van der Waals surface area contributed by atoms with Crippen LogP contribution in [0, 0.1) is 0 Å². The first-order valence-corrected chi connectivity index (χ1v) is 6.86. The Morgan fingerprint density at radius 2 is 2.14 bits per heavy atom. The number of aromatic hydroxyl groups is 1. The molecule has 3 aromatic rings. The van der Waals surface area contributed by atoms with Crippen LogP contribution in [0.4, 0.5) is 5.69 Å². The molecule has 4 nitrogen and oxygen atoms in total. The van der Waals surface area contributed by atoms with Crippen molar-refractivity contribution < 1.29 is 9.84 Å². The van der Waals surface area contributed by atoms with Crippen LogP contribution >= 0.6 is 0 Å². The summed E-state index contributed by atoms with van der Waals surface area (Å²) in [7, 11) is 0. The van der Waals surface area contributed by atoms with Crippen molar-refractivity contribution >= 4 is 16.5 Å². The van der Waals surface area contributed by atoms with Crippen molar-refractivity contribution in [2.45, 2.75) is 6.04 Å². The molecule has 0 fully saturated rings. The number of pyridine rings is 1. The van der Waals surface area contributed by atoms with Gasteiger partial charge < -0.3 is 15.2 Å². The average molecular weight is 278 g/mol. The van der Waals surface area contributed by atoms with Crippen LogP contribution in [0.5, 0.6) is 11.5 Å². The molecule has 0 radical (unpaired) electrons. The molecule has 2 N–H and O–H groups in total. The van der Waals surface area contributed by atoms with Crippen molar-refractivity contribution in [1.29, 1.82) is 0 Å². The Balaban J connectivity index is 1.71. The predicted molar refractivity (Wildman–Crippen MR) is 81.7 cm³/mol. The minimum absolute atomic E-state index is 0.0827. The Hall–Kier alpha value is -2.75. The van der Waals surface area contributed by atoms with E-state index in [0.29, 0.717) is 6.61 Å². The van der Waals surface area contributed by atoms with E-state index in [-0.39, 0.29) is 11.8 Å². The first-order chi connectivity index (χ1) is 10.3. The van der Waals surface area contributed by atoms with Crippen LogP contribution in [0.3, 0.4) is 0 Å². The molecule has 0 amide bonds. The molecular weight excluding hydrogens is 264 g/mol. The number of nitrogens with one attached hydrogen (secondary N) is 1. The third-order valence-electron chi connectivity index (χ3n) is 3.79. The molecule has 0 aliphatic carbocycles. The standard InChI is InChI=1S/C17H14N2O2/c20-12-4-5-14-16(10-21-17(14)8-12)19-15-3-1-2-11-9-18-7-6-13(11)15/h1-9,16,19-20H,10H2. The number of fused-ring (bicyclic) bond motifs is 2. The minimum atomic E-state index is 0.0827. The molecule has 0 spiro atoms. The summed E-state index contributed by atoms with van der Waals surface area (Å²) < 4.78 is 5.64. The van der Waals surface area contributed by atoms with Gasteiger partial charge in [-0.1, -0.05) is 12.1 Å². The molecule has 0 saturated carbocycles. The molecule has 4 rings (SSSR count). The Morgan fingerprint density at radius 3 is 3.10 bits per heavy atom. The fraction of sp³-hybridized carbons (Fsp3) is 0.118. The Morgan fingerprint density at radius 1 is 1.19 bits per heavy atom. The molecule has 21 heavy (non-hydrogen) atoms. The molecule has 1 aliphatic heterocycles. The van der Waals surface area contributed by atoms with E-state index < -0.39 is 0 Å². The van der Waals surface area contributed by atoms with E-state index in [1.807, 2.05) is 30.5 Å². The van der Waals surface area contributed by atoms with E-state index in [0.717, 1.165) is 27.8 Å². The summed E-state index contributed by atoms with van der Waals surface area (Å²) >= 11 is 0. The van der Waals surface area contributed by atoms with Gasteiger partial charge in [-0.25, -0.2) is 0 Å². The lowest BCUT2D eigenvalue weighted by Crippen LogP contribution is -2.12. The largest absolute Gasteiger partial charge is 0.508 e. The maximum Gasteiger partial charge on any atom is 0.128 e. The second-order valence-corrected chi connectivity index (χ2v) is 5.13. The van der Waals surface area contributed by atoms with Crippen molar-refractivity contribution in [3.05, 3.63) is 60.4 Å². The van der Waals surface area contributed by atoms with Crippen molar-refractivity contribution in [3.8, 4) is 11.5 Å². The number of aromatic nitrogens is 1. The van der Waals surface area contributed by atoms with E-state index in [1.54, 1.807) is 18.3 Å². The predicted octanol–water partition coefficient (Wildman–Crippen LogP) is 3.49. The second-order valence-electron chi connectivity index (χ2n) is 5.13. The summed E-state index contributed by atoms with van der Waals surface area (Å²) in [6.45, 7) is 0.556. The molecule has 1 unspecified atom stereocenters. The Kier molecular flexibility index (Phi) is 2.67. The van der Waals surface area contributed by atoms with Gasteiger partial charge in [0.2, 0.25) is 0 Å². The third-order valence-corrected chi connectivity index (χ3v) is 3.79. The zero-order chi connectivity index (χ0) is 14.2. The zero-order valence-electron chi connectivity index (χ0n) is 11.3. The number of benzene rings is 2. The number of phenols is 1. The number of anilines is 1. The molecule has 2 aromatic carbocycles. The summed E-state index contributed by atoms with van der Waals surface area (Å²) in [6, 6.07) is 13.5. The van der Waals surface area contributed by atoms with E-state index in [4.69, 9.17) is 4.74 Å². The topological polar surface area (TPSA) is 54.4 Å². The number of hydrogen-bond acceptors (Lipinski definition) is 4. The quantitative estimate of drug-likeness (QED) is 0.753. The number of rotatable bonds is 2. The number of nitrogens with zero attached hydrogens (tertiary/aromatic N) is 1. The normalized spacial score (nSPS) is 16.5. The Bertz CT molecular complexity index is 811. The van der Waals surface area contributed by atoms with Crippen molar-refractivity contribution in [2.24, 2.45) is 0 Å². The van der Waals surface area contributed by atoms with Gasteiger partial charge in [0.05, 0.1) is 6.04 Å². The third kappa shape index (κ3) is 2.05. The highest BCUT2D eigenvalue weighted by Gasteiger charge is 2.24. The van der Waals surface area contributed by atoms with Gasteiger partial charge >= 0.3 is 0 Å². The van der Waals surface area contributed by atoms with Gasteiger partial charge in [-0.3, -0.25) is 4.98 Å². The van der Waals surface area contributed by atoms with E-state index in [1.165, 1.54) is 0 Å². The van der Waals surface area contributed by atoms with E-state index in [9.17, 15) is 5.11 Å². The first kappa shape index (κ1) is 12.0. The van der Waals surface area contributed by atoms with Gasteiger partial charge in [-0.05, 0) is 24.3 Å². The highest BCUT2D eigenvalue weighted by atomic mass is 16.5. The highest BCUT2D eigenvalue weighted by molar-refractivity contribution is 5.93. The molecule has 104 valence electrons. The molecule has 1 atom stereocenters. The average Bonchev–Trinajstić information content (AvgIpc) is 2.90. The maximum absolute atomic E-state index is 9.51. The van der Waals surface area contributed by atoms with Gasteiger partial charge in [0.15, 0.2) is 0 Å². The zero-order valence-corrected chi connectivity index (χ0v) is 11.3. The van der Waals surface area contributed by atoms with Crippen molar-refractivity contribution in [3.63, 3.8) is 0 Å². The second kappa shape index (κ2) is 4.66. The van der Waals surface area contributed by atoms with E-state index in [2.05, 4.69) is 16.4 Å². The molecule has 0 bridgehead atoms. The molecule has 2 heterocycles. The fourth-order valence-corrected chi connectivity index (χ4v) is 2.75. The monoisotopic (exact) mass is 278 g/mol. The lowest BCUT2D eigenvalue weighted by atomic mass is 10.1. The number of phenolic OH excluding ortho intramolecular Hbond substituents is 1. The van der Waals surface area contributed by atoms with Gasteiger partial charge in [0.1, 0.15) is 18.1 Å². The van der Waals surface area contributed by atoms with Crippen LogP contribution in [-0.4, -0.2) is 16.7 Å². The summed E-state index contributed by atoms with van der Waals surface area (Å²) in [5, 5.41) is 15.3. The summed E-state index contributed by atoms with van der Waals surface area (Å²) in [5.74, 6) is 0.972. The Labute approximate surface area is 122 Å². The lowest BCUT2D eigenvalue weighted by Gasteiger charge is -2.15. The summed E-state index contributed by atoms with van der Waals surface area (Å²) in [6.07, 6.45) is 3.66. The molecule has 1 aliphatic rings. The number of ether oxygens (including phenoxy) is 1. The SMILES string of the molecule is Oc1ccc2c(c1)OCC2Nc1cccc2cnccc12. The van der Waals surface area contributed by atoms with Crippen LogP contribution < -0.4 is 10.1 Å². The smallest absolute Gasteiger partial charge is 0.128 e.